The molecule has 0 bridgehead atoms. The van der Waals surface area contributed by atoms with Gasteiger partial charge in [0, 0.05) is 4.90 Å². The van der Waals surface area contributed by atoms with E-state index in [1.165, 1.54) is 13.0 Å². The average molecular weight is 217 g/mol. The first kappa shape index (κ1) is 10.9. The highest BCUT2D eigenvalue weighted by Gasteiger charge is 2.32. The van der Waals surface area contributed by atoms with Crippen molar-refractivity contribution in [1.82, 2.24) is 0 Å². The third-order valence-corrected chi connectivity index (χ3v) is 2.14. The van der Waals surface area contributed by atoms with Crippen molar-refractivity contribution in [3.05, 3.63) is 28.8 Å². The molecule has 0 aliphatic rings. The molecule has 1 aromatic rings. The van der Waals surface area contributed by atoms with E-state index < -0.39 is 11.7 Å². The van der Waals surface area contributed by atoms with Crippen molar-refractivity contribution in [2.75, 3.05) is 0 Å². The highest BCUT2D eigenvalue weighted by atomic mass is 32.1. The van der Waals surface area contributed by atoms with E-state index >= 15 is 0 Å². The Morgan fingerprint density at radius 1 is 1.36 bits per heavy atom. The average Bonchev–Trinajstić information content (AvgIpc) is 2.06. The SMILES string of the molecule is Cc1cc(C#N)c(S)cc1C(F)(F)F. The lowest BCUT2D eigenvalue weighted by Crippen LogP contribution is -2.07. The number of alkyl halides is 3. The number of nitriles is 1. The second-order valence-corrected chi connectivity index (χ2v) is 3.28. The van der Waals surface area contributed by atoms with Crippen LogP contribution >= 0.6 is 12.6 Å². The van der Waals surface area contributed by atoms with E-state index in [0.29, 0.717) is 0 Å². The van der Waals surface area contributed by atoms with Gasteiger partial charge in [-0.1, -0.05) is 0 Å². The molecular weight excluding hydrogens is 211 g/mol. The summed E-state index contributed by atoms with van der Waals surface area (Å²) in [5.41, 5.74) is -0.563. The van der Waals surface area contributed by atoms with Crippen LogP contribution in [0.15, 0.2) is 17.0 Å². The number of hydrogen-bond acceptors (Lipinski definition) is 2. The summed E-state index contributed by atoms with van der Waals surface area (Å²) in [6.07, 6.45) is -4.39. The van der Waals surface area contributed by atoms with Gasteiger partial charge in [0.1, 0.15) is 6.07 Å². The fourth-order valence-corrected chi connectivity index (χ4v) is 1.34. The molecule has 0 N–H and O–H groups in total. The molecule has 0 aliphatic heterocycles. The third kappa shape index (κ3) is 2.02. The molecule has 14 heavy (non-hydrogen) atoms. The van der Waals surface area contributed by atoms with Crippen LogP contribution in [0.25, 0.3) is 0 Å². The van der Waals surface area contributed by atoms with Crippen LogP contribution in [-0.2, 0) is 6.18 Å². The van der Waals surface area contributed by atoms with Gasteiger partial charge in [0.05, 0.1) is 11.1 Å². The largest absolute Gasteiger partial charge is 0.416 e. The van der Waals surface area contributed by atoms with Gasteiger partial charge in [0.15, 0.2) is 0 Å². The molecule has 0 radical (unpaired) electrons. The lowest BCUT2D eigenvalue weighted by molar-refractivity contribution is -0.138. The first-order chi connectivity index (χ1) is 6.36. The maximum absolute atomic E-state index is 12.3. The quantitative estimate of drug-likeness (QED) is 0.663. The van der Waals surface area contributed by atoms with Gasteiger partial charge in [-0.2, -0.15) is 18.4 Å². The molecule has 0 unspecified atom stereocenters. The van der Waals surface area contributed by atoms with Gasteiger partial charge in [-0.25, -0.2) is 0 Å². The standard InChI is InChI=1S/C9H6F3NS/c1-5-2-6(4-13)8(14)3-7(5)9(10,11)12/h2-3,14H,1H3. The minimum absolute atomic E-state index is 0.0341. The molecule has 1 nitrogen and oxygen atoms in total. The van der Waals surface area contributed by atoms with Crippen LogP contribution < -0.4 is 0 Å². The summed E-state index contributed by atoms with van der Waals surface area (Å²) in [4.78, 5) is 0.0467. The maximum atomic E-state index is 12.3. The molecule has 0 aliphatic carbocycles. The molecule has 0 heterocycles. The van der Waals surface area contributed by atoms with Gasteiger partial charge in [-0.3, -0.25) is 0 Å². The Balaban J connectivity index is 3.38. The molecule has 1 rings (SSSR count). The van der Waals surface area contributed by atoms with E-state index in [4.69, 9.17) is 5.26 Å². The Hall–Kier alpha value is -1.15. The van der Waals surface area contributed by atoms with Crippen molar-refractivity contribution >= 4 is 12.6 Å². The molecule has 1 aromatic carbocycles. The second-order valence-electron chi connectivity index (χ2n) is 2.79. The van der Waals surface area contributed by atoms with Crippen LogP contribution in [0.3, 0.4) is 0 Å². The molecular formula is C9H6F3NS. The van der Waals surface area contributed by atoms with E-state index in [-0.39, 0.29) is 16.0 Å². The Bertz CT molecular complexity index is 404. The van der Waals surface area contributed by atoms with E-state index in [9.17, 15) is 13.2 Å². The van der Waals surface area contributed by atoms with Gasteiger partial charge < -0.3 is 0 Å². The summed E-state index contributed by atoms with van der Waals surface area (Å²) >= 11 is 3.80. The minimum atomic E-state index is -4.39. The summed E-state index contributed by atoms with van der Waals surface area (Å²) in [6.45, 7) is 1.32. The van der Waals surface area contributed by atoms with Crippen molar-refractivity contribution in [2.24, 2.45) is 0 Å². The molecule has 5 heteroatoms. The van der Waals surface area contributed by atoms with Crippen LogP contribution in [0, 0.1) is 18.3 Å². The van der Waals surface area contributed by atoms with Crippen LogP contribution in [0.1, 0.15) is 16.7 Å². The first-order valence-electron chi connectivity index (χ1n) is 3.67. The molecule has 0 fully saturated rings. The van der Waals surface area contributed by atoms with Gasteiger partial charge >= 0.3 is 6.18 Å². The predicted molar refractivity (Wildman–Crippen MR) is 48.1 cm³/mol. The van der Waals surface area contributed by atoms with Crippen LogP contribution in [0.2, 0.25) is 0 Å². The highest BCUT2D eigenvalue weighted by Crippen LogP contribution is 2.34. The molecule has 0 saturated carbocycles. The van der Waals surface area contributed by atoms with E-state index in [0.717, 1.165) is 6.07 Å². The lowest BCUT2D eigenvalue weighted by atomic mass is 10.1. The summed E-state index contributed by atoms with van der Waals surface area (Å²) in [5, 5.41) is 8.56. The van der Waals surface area contributed by atoms with Crippen molar-refractivity contribution in [1.29, 1.82) is 5.26 Å². The van der Waals surface area contributed by atoms with Crippen molar-refractivity contribution in [3.63, 3.8) is 0 Å². The van der Waals surface area contributed by atoms with Crippen LogP contribution in [0.5, 0.6) is 0 Å². The van der Waals surface area contributed by atoms with Crippen molar-refractivity contribution in [3.8, 4) is 6.07 Å². The third-order valence-electron chi connectivity index (χ3n) is 1.77. The van der Waals surface area contributed by atoms with E-state index in [1.54, 1.807) is 6.07 Å². The molecule has 0 atom stereocenters. The molecule has 0 amide bonds. The zero-order chi connectivity index (χ0) is 10.9. The van der Waals surface area contributed by atoms with E-state index in [1.807, 2.05) is 0 Å². The number of nitrogens with zero attached hydrogens (tertiary/aromatic N) is 1. The summed E-state index contributed by atoms with van der Waals surface area (Å²) < 4.78 is 37.0. The Kier molecular flexibility index (Phi) is 2.76. The Morgan fingerprint density at radius 2 is 1.93 bits per heavy atom. The van der Waals surface area contributed by atoms with Crippen LogP contribution in [-0.4, -0.2) is 0 Å². The smallest absolute Gasteiger partial charge is 0.192 e. The first-order valence-corrected chi connectivity index (χ1v) is 4.12. The topological polar surface area (TPSA) is 23.8 Å². The normalized spacial score (nSPS) is 11.1. The van der Waals surface area contributed by atoms with Gasteiger partial charge in [0.25, 0.3) is 0 Å². The number of halogens is 3. The number of thiol groups is 1. The highest BCUT2D eigenvalue weighted by molar-refractivity contribution is 7.80. The van der Waals surface area contributed by atoms with Gasteiger partial charge in [0.2, 0.25) is 0 Å². The zero-order valence-corrected chi connectivity index (χ0v) is 8.08. The summed E-state index contributed by atoms with van der Waals surface area (Å²) in [6, 6.07) is 3.83. The lowest BCUT2D eigenvalue weighted by Gasteiger charge is -2.11. The monoisotopic (exact) mass is 217 g/mol. The zero-order valence-electron chi connectivity index (χ0n) is 7.18. The van der Waals surface area contributed by atoms with Gasteiger partial charge in [-0.15, -0.1) is 12.6 Å². The minimum Gasteiger partial charge on any atom is -0.192 e. The number of benzene rings is 1. The molecule has 0 aromatic heterocycles. The Morgan fingerprint density at radius 3 is 2.36 bits per heavy atom. The predicted octanol–water partition coefficient (Wildman–Crippen LogP) is 3.17. The number of rotatable bonds is 0. The summed E-state index contributed by atoms with van der Waals surface area (Å²) in [7, 11) is 0. The Labute approximate surface area is 84.6 Å². The second kappa shape index (κ2) is 3.54. The molecule has 74 valence electrons. The number of hydrogen-bond donors (Lipinski definition) is 1. The fourth-order valence-electron chi connectivity index (χ4n) is 1.09. The molecule has 0 spiro atoms. The van der Waals surface area contributed by atoms with Crippen molar-refractivity contribution < 1.29 is 13.2 Å². The van der Waals surface area contributed by atoms with Crippen molar-refractivity contribution in [2.45, 2.75) is 18.0 Å². The molecule has 0 saturated heterocycles. The van der Waals surface area contributed by atoms with Crippen LogP contribution in [0.4, 0.5) is 13.2 Å². The fraction of sp³-hybridized carbons (Fsp3) is 0.222. The summed E-state index contributed by atoms with van der Waals surface area (Å²) in [5.74, 6) is 0. The maximum Gasteiger partial charge on any atom is 0.416 e. The number of aryl methyl sites for hydroxylation is 1. The van der Waals surface area contributed by atoms with E-state index in [2.05, 4.69) is 12.6 Å². The van der Waals surface area contributed by atoms with Gasteiger partial charge in [-0.05, 0) is 24.6 Å².